The van der Waals surface area contributed by atoms with E-state index >= 15 is 0 Å². The Morgan fingerprint density at radius 1 is 1.23 bits per heavy atom. The monoisotopic (exact) mass is 307 g/mol. The van der Waals surface area contributed by atoms with Gasteiger partial charge in [0.2, 0.25) is 5.91 Å². The zero-order valence-electron chi connectivity index (χ0n) is 13.6. The molecular formula is C16H25N3O3. The highest BCUT2D eigenvalue weighted by Gasteiger charge is 2.18. The summed E-state index contributed by atoms with van der Waals surface area (Å²) in [5.74, 6) is -0.466. The minimum atomic E-state index is -0.558. The van der Waals surface area contributed by atoms with Gasteiger partial charge in [-0.25, -0.2) is 4.79 Å². The van der Waals surface area contributed by atoms with E-state index in [1.165, 1.54) is 0 Å². The molecule has 0 heterocycles. The van der Waals surface area contributed by atoms with Crippen LogP contribution in [0, 0.1) is 6.92 Å². The van der Waals surface area contributed by atoms with Gasteiger partial charge in [-0.3, -0.25) is 4.79 Å². The third-order valence-electron chi connectivity index (χ3n) is 2.84. The third kappa shape index (κ3) is 6.97. The van der Waals surface area contributed by atoms with Gasteiger partial charge in [-0.1, -0.05) is 17.7 Å². The lowest BCUT2D eigenvalue weighted by atomic mass is 10.1. The van der Waals surface area contributed by atoms with Crippen LogP contribution in [-0.4, -0.2) is 30.2 Å². The smallest absolute Gasteiger partial charge is 0.407 e. The topological polar surface area (TPSA) is 93.4 Å². The second-order valence-corrected chi connectivity index (χ2v) is 6.18. The fourth-order valence-corrected chi connectivity index (χ4v) is 1.77. The highest BCUT2D eigenvalue weighted by molar-refractivity contribution is 5.83. The maximum atomic E-state index is 11.5. The Morgan fingerprint density at radius 2 is 1.82 bits per heavy atom. The molecule has 6 nitrogen and oxygen atoms in total. The number of rotatable bonds is 6. The summed E-state index contributed by atoms with van der Waals surface area (Å²) >= 11 is 0. The molecule has 0 saturated heterocycles. The molecule has 1 atom stereocenters. The van der Waals surface area contributed by atoms with Crippen molar-refractivity contribution in [2.24, 2.45) is 5.73 Å². The van der Waals surface area contributed by atoms with Gasteiger partial charge in [0.25, 0.3) is 0 Å². The number of ether oxygens (including phenoxy) is 1. The van der Waals surface area contributed by atoms with E-state index in [1.54, 1.807) is 20.8 Å². The number of anilines is 1. The molecule has 0 aliphatic rings. The Balaban J connectivity index is 2.46. The van der Waals surface area contributed by atoms with E-state index in [0.717, 1.165) is 11.3 Å². The van der Waals surface area contributed by atoms with Crippen molar-refractivity contribution >= 4 is 17.7 Å². The molecule has 0 aromatic heterocycles. The summed E-state index contributed by atoms with van der Waals surface area (Å²) in [4.78, 5) is 23.0. The standard InChI is InChI=1S/C16H25N3O3/c1-11-5-7-12(8-6-11)19-13(14(17)20)9-10-18-15(21)22-16(2,3)4/h5-8,13,19H,9-10H2,1-4H3,(H2,17,20)(H,18,21). The predicted octanol–water partition coefficient (Wildman–Crippen LogP) is 2.18. The van der Waals surface area contributed by atoms with Crippen molar-refractivity contribution in [1.29, 1.82) is 0 Å². The van der Waals surface area contributed by atoms with Crippen molar-refractivity contribution < 1.29 is 14.3 Å². The molecule has 0 spiro atoms. The molecule has 0 aliphatic carbocycles. The van der Waals surface area contributed by atoms with Gasteiger partial charge in [-0.05, 0) is 46.2 Å². The Labute approximate surface area is 131 Å². The highest BCUT2D eigenvalue weighted by atomic mass is 16.6. The predicted molar refractivity (Wildman–Crippen MR) is 86.6 cm³/mol. The fraction of sp³-hybridized carbons (Fsp3) is 0.500. The molecule has 1 aromatic rings. The maximum Gasteiger partial charge on any atom is 0.407 e. The van der Waals surface area contributed by atoms with Crippen LogP contribution in [0.25, 0.3) is 0 Å². The molecule has 0 aliphatic heterocycles. The SMILES string of the molecule is Cc1ccc(NC(CCNC(=O)OC(C)(C)C)C(N)=O)cc1. The summed E-state index contributed by atoms with van der Waals surface area (Å²) in [6.45, 7) is 7.65. The average molecular weight is 307 g/mol. The van der Waals surface area contributed by atoms with Crippen LogP contribution < -0.4 is 16.4 Å². The number of amides is 2. The van der Waals surface area contributed by atoms with Crippen molar-refractivity contribution in [2.45, 2.75) is 45.8 Å². The summed E-state index contributed by atoms with van der Waals surface area (Å²) < 4.78 is 5.12. The lowest BCUT2D eigenvalue weighted by Gasteiger charge is -2.21. The van der Waals surface area contributed by atoms with E-state index in [4.69, 9.17) is 10.5 Å². The number of hydrogen-bond acceptors (Lipinski definition) is 4. The van der Waals surface area contributed by atoms with Crippen LogP contribution in [-0.2, 0) is 9.53 Å². The molecule has 122 valence electrons. The van der Waals surface area contributed by atoms with Gasteiger partial charge in [0.15, 0.2) is 0 Å². The number of alkyl carbamates (subject to hydrolysis) is 1. The minimum Gasteiger partial charge on any atom is -0.444 e. The summed E-state index contributed by atoms with van der Waals surface area (Å²) in [5, 5.41) is 5.67. The van der Waals surface area contributed by atoms with Crippen molar-refractivity contribution in [3.63, 3.8) is 0 Å². The molecule has 1 unspecified atom stereocenters. The van der Waals surface area contributed by atoms with Crippen molar-refractivity contribution in [1.82, 2.24) is 5.32 Å². The molecule has 0 bridgehead atoms. The van der Waals surface area contributed by atoms with E-state index in [0.29, 0.717) is 13.0 Å². The van der Waals surface area contributed by atoms with Crippen LogP contribution in [0.5, 0.6) is 0 Å². The van der Waals surface area contributed by atoms with Gasteiger partial charge in [0.1, 0.15) is 11.6 Å². The number of aryl methyl sites for hydroxylation is 1. The quantitative estimate of drug-likeness (QED) is 0.751. The molecule has 4 N–H and O–H groups in total. The zero-order chi connectivity index (χ0) is 16.8. The summed E-state index contributed by atoms with van der Waals surface area (Å²) in [5.41, 5.74) is 6.78. The van der Waals surface area contributed by atoms with Crippen molar-refractivity contribution in [2.75, 3.05) is 11.9 Å². The van der Waals surface area contributed by atoms with E-state index in [-0.39, 0.29) is 0 Å². The van der Waals surface area contributed by atoms with Gasteiger partial charge in [0.05, 0.1) is 0 Å². The van der Waals surface area contributed by atoms with Crippen LogP contribution in [0.1, 0.15) is 32.8 Å². The number of hydrogen-bond donors (Lipinski definition) is 3. The number of nitrogens with one attached hydrogen (secondary N) is 2. The molecule has 2 amide bonds. The minimum absolute atomic E-state index is 0.293. The Morgan fingerprint density at radius 3 is 2.32 bits per heavy atom. The highest BCUT2D eigenvalue weighted by Crippen LogP contribution is 2.11. The van der Waals surface area contributed by atoms with Gasteiger partial charge < -0.3 is 21.1 Å². The Bertz CT molecular complexity index is 506. The molecule has 1 aromatic carbocycles. The van der Waals surface area contributed by atoms with Crippen LogP contribution in [0.2, 0.25) is 0 Å². The van der Waals surface area contributed by atoms with Crippen LogP contribution in [0.15, 0.2) is 24.3 Å². The first-order valence-corrected chi connectivity index (χ1v) is 7.27. The zero-order valence-corrected chi connectivity index (χ0v) is 13.6. The first-order valence-electron chi connectivity index (χ1n) is 7.27. The number of primary amides is 1. The lowest BCUT2D eigenvalue weighted by Crippen LogP contribution is -2.40. The number of nitrogens with two attached hydrogens (primary N) is 1. The molecule has 22 heavy (non-hydrogen) atoms. The summed E-state index contributed by atoms with van der Waals surface area (Å²) in [6, 6.07) is 7.09. The van der Waals surface area contributed by atoms with E-state index in [2.05, 4.69) is 10.6 Å². The third-order valence-corrected chi connectivity index (χ3v) is 2.84. The van der Waals surface area contributed by atoms with E-state index in [9.17, 15) is 9.59 Å². The van der Waals surface area contributed by atoms with Gasteiger partial charge >= 0.3 is 6.09 Å². The van der Waals surface area contributed by atoms with E-state index < -0.39 is 23.6 Å². The van der Waals surface area contributed by atoms with Crippen LogP contribution in [0.4, 0.5) is 10.5 Å². The summed E-state index contributed by atoms with van der Waals surface area (Å²) in [7, 11) is 0. The molecule has 6 heteroatoms. The van der Waals surface area contributed by atoms with Crippen molar-refractivity contribution in [3.05, 3.63) is 29.8 Å². The van der Waals surface area contributed by atoms with E-state index in [1.807, 2.05) is 31.2 Å². The molecule has 0 radical (unpaired) electrons. The maximum absolute atomic E-state index is 11.5. The largest absolute Gasteiger partial charge is 0.444 e. The molecular weight excluding hydrogens is 282 g/mol. The number of carbonyl (C=O) groups excluding carboxylic acids is 2. The Kier molecular flexibility index (Phi) is 6.22. The molecule has 0 saturated carbocycles. The van der Waals surface area contributed by atoms with Crippen LogP contribution >= 0.6 is 0 Å². The summed E-state index contributed by atoms with van der Waals surface area (Å²) in [6.07, 6.45) is -0.131. The van der Waals surface area contributed by atoms with Crippen LogP contribution in [0.3, 0.4) is 0 Å². The van der Waals surface area contributed by atoms with Gasteiger partial charge in [-0.15, -0.1) is 0 Å². The van der Waals surface area contributed by atoms with Gasteiger partial charge in [-0.2, -0.15) is 0 Å². The second-order valence-electron chi connectivity index (χ2n) is 6.18. The Hall–Kier alpha value is -2.24. The lowest BCUT2D eigenvalue weighted by molar-refractivity contribution is -0.118. The average Bonchev–Trinajstić information content (AvgIpc) is 2.37. The first-order chi connectivity index (χ1) is 10.2. The fourth-order valence-electron chi connectivity index (χ4n) is 1.77. The molecule has 0 fully saturated rings. The second kappa shape index (κ2) is 7.68. The number of carbonyl (C=O) groups is 2. The van der Waals surface area contributed by atoms with Crippen molar-refractivity contribution in [3.8, 4) is 0 Å². The first kappa shape index (κ1) is 17.8. The van der Waals surface area contributed by atoms with Gasteiger partial charge in [0, 0.05) is 12.2 Å². The normalized spacial score (nSPS) is 12.4. The number of benzene rings is 1. The molecule has 1 rings (SSSR count).